The van der Waals surface area contributed by atoms with Gasteiger partial charge in [0.25, 0.3) is 0 Å². The van der Waals surface area contributed by atoms with Crippen LogP contribution in [0.1, 0.15) is 13.8 Å². The zero-order valence-corrected chi connectivity index (χ0v) is 8.07. The largest absolute Gasteiger partial charge is 0.364 e. The Bertz CT molecular complexity index is 184. The first kappa shape index (κ1) is 9.32. The van der Waals surface area contributed by atoms with Gasteiger partial charge in [0.15, 0.2) is 0 Å². The van der Waals surface area contributed by atoms with Gasteiger partial charge in [0.05, 0.1) is 12.1 Å². The van der Waals surface area contributed by atoms with E-state index in [1.54, 1.807) is 16.9 Å². The highest BCUT2D eigenvalue weighted by Crippen LogP contribution is 2.19. The SMILES string of the molecule is COCN1C(=O)N(C)C(C)C1C. The van der Waals surface area contributed by atoms with Crippen LogP contribution in [-0.4, -0.2) is 48.8 Å². The molecule has 0 aromatic carbocycles. The van der Waals surface area contributed by atoms with Gasteiger partial charge in [-0.15, -0.1) is 0 Å². The highest BCUT2D eigenvalue weighted by molar-refractivity contribution is 5.77. The molecule has 0 aliphatic carbocycles. The van der Waals surface area contributed by atoms with Crippen LogP contribution in [0.3, 0.4) is 0 Å². The van der Waals surface area contributed by atoms with Crippen LogP contribution in [0.25, 0.3) is 0 Å². The van der Waals surface area contributed by atoms with Crippen LogP contribution in [0.4, 0.5) is 4.79 Å². The standard InChI is InChI=1S/C8H16N2O2/c1-6-7(2)10(5-12-4)8(11)9(6)3/h6-7H,5H2,1-4H3. The normalized spacial score (nSPS) is 30.2. The number of hydrogen-bond acceptors (Lipinski definition) is 2. The number of carbonyl (C=O) groups is 1. The van der Waals surface area contributed by atoms with E-state index >= 15 is 0 Å². The van der Waals surface area contributed by atoms with Gasteiger partial charge in [-0.25, -0.2) is 4.79 Å². The Morgan fingerprint density at radius 1 is 1.42 bits per heavy atom. The smallest absolute Gasteiger partial charge is 0.322 e. The summed E-state index contributed by atoms with van der Waals surface area (Å²) in [5, 5.41) is 0. The lowest BCUT2D eigenvalue weighted by Crippen LogP contribution is -2.34. The van der Waals surface area contributed by atoms with Gasteiger partial charge in [-0.05, 0) is 13.8 Å². The van der Waals surface area contributed by atoms with E-state index in [0.29, 0.717) is 6.73 Å². The Balaban J connectivity index is 2.69. The van der Waals surface area contributed by atoms with E-state index in [1.807, 2.05) is 20.9 Å². The number of carbonyl (C=O) groups excluding carboxylic acids is 1. The van der Waals surface area contributed by atoms with Crippen LogP contribution in [0.2, 0.25) is 0 Å². The summed E-state index contributed by atoms with van der Waals surface area (Å²) >= 11 is 0. The molecule has 4 nitrogen and oxygen atoms in total. The highest BCUT2D eigenvalue weighted by atomic mass is 16.5. The molecule has 0 aromatic heterocycles. The number of hydrogen-bond donors (Lipinski definition) is 0. The molecule has 4 heteroatoms. The summed E-state index contributed by atoms with van der Waals surface area (Å²) in [7, 11) is 3.42. The number of likely N-dealkylation sites (N-methyl/N-ethyl adjacent to an activating group) is 1. The first-order chi connectivity index (χ1) is 5.59. The number of urea groups is 1. The number of rotatable bonds is 2. The van der Waals surface area contributed by atoms with Crippen LogP contribution < -0.4 is 0 Å². The second-order valence-corrected chi connectivity index (χ2v) is 3.26. The lowest BCUT2D eigenvalue weighted by molar-refractivity contribution is 0.0760. The van der Waals surface area contributed by atoms with Crippen LogP contribution >= 0.6 is 0 Å². The van der Waals surface area contributed by atoms with Gasteiger partial charge >= 0.3 is 6.03 Å². The zero-order chi connectivity index (χ0) is 9.30. The van der Waals surface area contributed by atoms with Gasteiger partial charge in [-0.1, -0.05) is 0 Å². The minimum absolute atomic E-state index is 0.0526. The van der Waals surface area contributed by atoms with Crippen molar-refractivity contribution >= 4 is 6.03 Å². The molecule has 0 spiro atoms. The zero-order valence-electron chi connectivity index (χ0n) is 8.07. The fourth-order valence-corrected chi connectivity index (χ4v) is 1.45. The molecule has 2 amide bonds. The Morgan fingerprint density at radius 2 is 2.00 bits per heavy atom. The molecule has 12 heavy (non-hydrogen) atoms. The molecule has 2 unspecified atom stereocenters. The summed E-state index contributed by atoms with van der Waals surface area (Å²) in [6, 6.07) is 0.562. The maximum Gasteiger partial charge on any atom is 0.322 e. The summed E-state index contributed by atoms with van der Waals surface area (Å²) in [5.74, 6) is 0. The second-order valence-electron chi connectivity index (χ2n) is 3.26. The summed E-state index contributed by atoms with van der Waals surface area (Å²) in [6.07, 6.45) is 0. The van der Waals surface area contributed by atoms with E-state index in [4.69, 9.17) is 4.74 Å². The number of amides is 2. The van der Waals surface area contributed by atoms with Gasteiger partial charge in [0.2, 0.25) is 0 Å². The van der Waals surface area contributed by atoms with Crippen LogP contribution in [-0.2, 0) is 4.74 Å². The minimum atomic E-state index is 0.0526. The van der Waals surface area contributed by atoms with Gasteiger partial charge in [0.1, 0.15) is 6.73 Å². The monoisotopic (exact) mass is 172 g/mol. The van der Waals surface area contributed by atoms with Crippen molar-refractivity contribution in [2.24, 2.45) is 0 Å². The molecule has 1 saturated heterocycles. The molecule has 2 atom stereocenters. The Morgan fingerprint density at radius 3 is 2.33 bits per heavy atom. The minimum Gasteiger partial charge on any atom is -0.364 e. The average Bonchev–Trinajstić information content (AvgIpc) is 2.23. The lowest BCUT2D eigenvalue weighted by atomic mass is 10.2. The van der Waals surface area contributed by atoms with E-state index in [9.17, 15) is 4.79 Å². The third-order valence-electron chi connectivity index (χ3n) is 2.62. The molecule has 0 radical (unpaired) electrons. The van der Waals surface area contributed by atoms with Crippen molar-refractivity contribution < 1.29 is 9.53 Å². The van der Waals surface area contributed by atoms with Gasteiger partial charge in [-0.3, -0.25) is 4.90 Å². The molecule has 1 heterocycles. The molecular weight excluding hydrogens is 156 g/mol. The molecule has 0 N–H and O–H groups in total. The van der Waals surface area contributed by atoms with Crippen molar-refractivity contribution in [2.45, 2.75) is 25.9 Å². The van der Waals surface area contributed by atoms with Gasteiger partial charge in [0, 0.05) is 14.2 Å². The summed E-state index contributed by atoms with van der Waals surface area (Å²) < 4.78 is 4.94. The molecule has 1 rings (SSSR count). The summed E-state index contributed by atoms with van der Waals surface area (Å²) in [5.41, 5.74) is 0. The predicted molar refractivity (Wildman–Crippen MR) is 45.8 cm³/mol. The van der Waals surface area contributed by atoms with Crippen molar-refractivity contribution in [3.63, 3.8) is 0 Å². The molecule has 1 fully saturated rings. The van der Waals surface area contributed by atoms with E-state index in [1.165, 1.54) is 0 Å². The quantitative estimate of drug-likeness (QED) is 0.615. The van der Waals surface area contributed by atoms with E-state index in [-0.39, 0.29) is 18.1 Å². The van der Waals surface area contributed by atoms with E-state index < -0.39 is 0 Å². The molecule has 70 valence electrons. The molecule has 0 aromatic rings. The number of nitrogens with zero attached hydrogens (tertiary/aromatic N) is 2. The van der Waals surface area contributed by atoms with E-state index in [0.717, 1.165) is 0 Å². The molecule has 1 aliphatic rings. The topological polar surface area (TPSA) is 32.8 Å². The van der Waals surface area contributed by atoms with Crippen LogP contribution in [0.5, 0.6) is 0 Å². The molecule has 1 aliphatic heterocycles. The third kappa shape index (κ3) is 1.27. The first-order valence-corrected chi connectivity index (χ1v) is 4.12. The number of ether oxygens (including phenoxy) is 1. The van der Waals surface area contributed by atoms with Crippen molar-refractivity contribution in [2.75, 3.05) is 20.9 Å². The predicted octanol–water partition coefficient (Wildman–Crippen LogP) is 0.735. The van der Waals surface area contributed by atoms with Crippen molar-refractivity contribution in [1.29, 1.82) is 0 Å². The summed E-state index contributed by atoms with van der Waals surface area (Å²) in [6.45, 7) is 4.46. The van der Waals surface area contributed by atoms with Crippen molar-refractivity contribution in [3.8, 4) is 0 Å². The third-order valence-corrected chi connectivity index (χ3v) is 2.62. The fourth-order valence-electron chi connectivity index (χ4n) is 1.45. The van der Waals surface area contributed by atoms with Crippen molar-refractivity contribution in [1.82, 2.24) is 9.80 Å². The highest BCUT2D eigenvalue weighted by Gasteiger charge is 2.37. The maximum absolute atomic E-state index is 11.5. The Kier molecular flexibility index (Phi) is 2.57. The Labute approximate surface area is 73.1 Å². The van der Waals surface area contributed by atoms with Crippen molar-refractivity contribution in [3.05, 3.63) is 0 Å². The van der Waals surface area contributed by atoms with Crippen LogP contribution in [0, 0.1) is 0 Å². The molecular formula is C8H16N2O2. The first-order valence-electron chi connectivity index (χ1n) is 4.12. The lowest BCUT2D eigenvalue weighted by Gasteiger charge is -2.19. The summed E-state index contributed by atoms with van der Waals surface area (Å²) in [4.78, 5) is 15.0. The average molecular weight is 172 g/mol. The molecule has 0 saturated carbocycles. The van der Waals surface area contributed by atoms with Crippen LogP contribution in [0.15, 0.2) is 0 Å². The fraction of sp³-hybridized carbons (Fsp3) is 0.875. The molecule has 0 bridgehead atoms. The number of methoxy groups -OCH3 is 1. The van der Waals surface area contributed by atoms with E-state index in [2.05, 4.69) is 0 Å². The maximum atomic E-state index is 11.5. The van der Waals surface area contributed by atoms with Gasteiger partial charge < -0.3 is 9.64 Å². The Hall–Kier alpha value is -0.770. The second kappa shape index (κ2) is 3.31. The van der Waals surface area contributed by atoms with Gasteiger partial charge in [-0.2, -0.15) is 0 Å².